The predicted octanol–water partition coefficient (Wildman–Crippen LogP) is 4.91. The van der Waals surface area contributed by atoms with Crippen molar-refractivity contribution in [3.8, 4) is 0 Å². The highest BCUT2D eigenvalue weighted by Crippen LogP contribution is 2.32. The SMILES string of the molecule is O=C(Nc1ccc(NC(=O)C(CCCO)c2cccc(C(F)(F)F)c2)cc1)c1cscn1. The van der Waals surface area contributed by atoms with Crippen molar-refractivity contribution in [2.24, 2.45) is 0 Å². The Labute approximate surface area is 186 Å². The van der Waals surface area contributed by atoms with Crippen LogP contribution in [0, 0.1) is 0 Å². The van der Waals surface area contributed by atoms with Crippen molar-refractivity contribution in [1.82, 2.24) is 4.98 Å². The van der Waals surface area contributed by atoms with Crippen molar-refractivity contribution >= 4 is 34.5 Å². The minimum atomic E-state index is -4.52. The lowest BCUT2D eigenvalue weighted by Crippen LogP contribution is -2.22. The number of hydrogen-bond acceptors (Lipinski definition) is 5. The van der Waals surface area contributed by atoms with Crippen molar-refractivity contribution in [1.29, 1.82) is 0 Å². The number of alkyl halides is 3. The van der Waals surface area contributed by atoms with Gasteiger partial charge in [-0.05, 0) is 48.7 Å². The fourth-order valence-corrected chi connectivity index (χ4v) is 3.59. The van der Waals surface area contributed by atoms with Gasteiger partial charge in [0.15, 0.2) is 0 Å². The van der Waals surface area contributed by atoms with E-state index < -0.39 is 23.6 Å². The van der Waals surface area contributed by atoms with E-state index in [1.807, 2.05) is 0 Å². The van der Waals surface area contributed by atoms with Gasteiger partial charge in [0.1, 0.15) is 5.69 Å². The minimum absolute atomic E-state index is 0.184. The maximum atomic E-state index is 13.1. The number of halogens is 3. The number of amides is 2. The highest BCUT2D eigenvalue weighted by atomic mass is 32.1. The zero-order chi connectivity index (χ0) is 23.1. The average molecular weight is 463 g/mol. The number of benzene rings is 2. The summed E-state index contributed by atoms with van der Waals surface area (Å²) in [5.41, 5.74) is 2.14. The van der Waals surface area contributed by atoms with Gasteiger partial charge in [0.25, 0.3) is 5.91 Å². The molecule has 0 aliphatic heterocycles. The number of aliphatic hydroxyl groups is 1. The highest BCUT2D eigenvalue weighted by Gasteiger charge is 2.31. The molecule has 168 valence electrons. The first-order valence-corrected chi connectivity index (χ1v) is 10.6. The Morgan fingerprint density at radius 3 is 2.34 bits per heavy atom. The fourth-order valence-electron chi connectivity index (χ4n) is 3.06. The number of nitrogens with one attached hydrogen (secondary N) is 2. The lowest BCUT2D eigenvalue weighted by atomic mass is 9.92. The molecule has 1 atom stereocenters. The maximum absolute atomic E-state index is 13.1. The molecule has 0 bridgehead atoms. The number of hydrogen-bond donors (Lipinski definition) is 3. The van der Waals surface area contributed by atoms with E-state index in [1.54, 1.807) is 35.2 Å². The van der Waals surface area contributed by atoms with E-state index in [9.17, 15) is 22.8 Å². The summed E-state index contributed by atoms with van der Waals surface area (Å²) in [5.74, 6) is -1.72. The minimum Gasteiger partial charge on any atom is -0.396 e. The molecule has 3 N–H and O–H groups in total. The Bertz CT molecular complexity index is 1050. The van der Waals surface area contributed by atoms with Crippen LogP contribution in [0.25, 0.3) is 0 Å². The summed E-state index contributed by atoms with van der Waals surface area (Å²) >= 11 is 1.30. The van der Waals surface area contributed by atoms with E-state index in [-0.39, 0.29) is 30.9 Å². The summed E-state index contributed by atoms with van der Waals surface area (Å²) in [6, 6.07) is 11.0. The van der Waals surface area contributed by atoms with Gasteiger partial charge < -0.3 is 15.7 Å². The maximum Gasteiger partial charge on any atom is 0.416 e. The summed E-state index contributed by atoms with van der Waals surface area (Å²) < 4.78 is 39.2. The molecule has 0 radical (unpaired) electrons. The Balaban J connectivity index is 1.71. The van der Waals surface area contributed by atoms with Crippen molar-refractivity contribution in [3.05, 3.63) is 76.2 Å². The van der Waals surface area contributed by atoms with Crippen molar-refractivity contribution in [2.45, 2.75) is 24.9 Å². The molecule has 0 fully saturated rings. The first-order chi connectivity index (χ1) is 15.3. The number of thiazole rings is 1. The van der Waals surface area contributed by atoms with Crippen LogP contribution < -0.4 is 10.6 Å². The molecule has 32 heavy (non-hydrogen) atoms. The van der Waals surface area contributed by atoms with Gasteiger partial charge in [0.05, 0.1) is 17.0 Å². The van der Waals surface area contributed by atoms with Gasteiger partial charge in [-0.25, -0.2) is 4.98 Å². The number of aromatic nitrogens is 1. The molecule has 1 heterocycles. The molecule has 1 aromatic heterocycles. The summed E-state index contributed by atoms with van der Waals surface area (Å²) in [6.07, 6.45) is -4.08. The van der Waals surface area contributed by atoms with Gasteiger partial charge in [-0.15, -0.1) is 11.3 Å². The Morgan fingerprint density at radius 2 is 1.75 bits per heavy atom. The molecule has 1 unspecified atom stereocenters. The molecule has 6 nitrogen and oxygen atoms in total. The van der Waals surface area contributed by atoms with Gasteiger partial charge in [-0.2, -0.15) is 13.2 Å². The first-order valence-electron chi connectivity index (χ1n) is 9.66. The summed E-state index contributed by atoms with van der Waals surface area (Å²) in [6.45, 7) is -0.184. The lowest BCUT2D eigenvalue weighted by molar-refractivity contribution is -0.137. The van der Waals surface area contributed by atoms with E-state index in [2.05, 4.69) is 15.6 Å². The van der Waals surface area contributed by atoms with Crippen LogP contribution in [-0.4, -0.2) is 28.5 Å². The van der Waals surface area contributed by atoms with Crippen LogP contribution in [0.5, 0.6) is 0 Å². The van der Waals surface area contributed by atoms with E-state index in [0.29, 0.717) is 17.1 Å². The molecule has 10 heteroatoms. The van der Waals surface area contributed by atoms with Gasteiger partial charge in [0, 0.05) is 23.4 Å². The van der Waals surface area contributed by atoms with Gasteiger partial charge in [-0.3, -0.25) is 9.59 Å². The average Bonchev–Trinajstić information content (AvgIpc) is 3.30. The Morgan fingerprint density at radius 1 is 1.06 bits per heavy atom. The number of rotatable bonds is 8. The molecule has 3 aromatic rings. The second-order valence-electron chi connectivity index (χ2n) is 6.94. The van der Waals surface area contributed by atoms with Gasteiger partial charge >= 0.3 is 6.18 Å². The van der Waals surface area contributed by atoms with Crippen LogP contribution in [-0.2, 0) is 11.0 Å². The lowest BCUT2D eigenvalue weighted by Gasteiger charge is -2.18. The van der Waals surface area contributed by atoms with Crippen molar-refractivity contribution in [2.75, 3.05) is 17.2 Å². The Hall–Kier alpha value is -3.24. The van der Waals surface area contributed by atoms with Crippen LogP contribution >= 0.6 is 11.3 Å². The number of anilines is 2. The molecule has 3 rings (SSSR count). The van der Waals surface area contributed by atoms with E-state index >= 15 is 0 Å². The number of nitrogens with zero attached hydrogens (tertiary/aromatic N) is 1. The van der Waals surface area contributed by atoms with E-state index in [0.717, 1.165) is 12.1 Å². The largest absolute Gasteiger partial charge is 0.416 e. The zero-order valence-electron chi connectivity index (χ0n) is 16.7. The van der Waals surface area contributed by atoms with Gasteiger partial charge in [-0.1, -0.05) is 18.2 Å². The number of aliphatic hydroxyl groups excluding tert-OH is 1. The van der Waals surface area contributed by atoms with Crippen molar-refractivity contribution in [3.63, 3.8) is 0 Å². The summed E-state index contributed by atoms with van der Waals surface area (Å²) in [5, 5.41) is 16.1. The van der Waals surface area contributed by atoms with E-state index in [4.69, 9.17) is 5.11 Å². The van der Waals surface area contributed by atoms with Crippen LogP contribution in [0.3, 0.4) is 0 Å². The molecule has 0 aliphatic carbocycles. The molecule has 2 amide bonds. The third kappa shape index (κ3) is 6.14. The standard InChI is InChI=1S/C22H20F3N3O3S/c23-22(24,25)15-4-1-3-14(11-15)18(5-2-10-29)20(30)27-16-6-8-17(9-7-16)28-21(31)19-12-32-13-26-19/h1,3-4,6-9,11-13,18,29H,2,5,10H2,(H,27,30)(H,28,31). The quantitative estimate of drug-likeness (QED) is 0.443. The van der Waals surface area contributed by atoms with E-state index in [1.165, 1.54) is 23.5 Å². The molecule has 2 aromatic carbocycles. The van der Waals surface area contributed by atoms with Crippen LogP contribution in [0.1, 0.15) is 40.4 Å². The van der Waals surface area contributed by atoms with Gasteiger partial charge in [0.2, 0.25) is 5.91 Å². The Kier molecular flexibility index (Phi) is 7.60. The second kappa shape index (κ2) is 10.4. The smallest absolute Gasteiger partial charge is 0.396 e. The van der Waals surface area contributed by atoms with Crippen molar-refractivity contribution < 1.29 is 27.9 Å². The highest BCUT2D eigenvalue weighted by molar-refractivity contribution is 7.07. The summed E-state index contributed by atoms with van der Waals surface area (Å²) in [7, 11) is 0. The van der Waals surface area contributed by atoms with Crippen LogP contribution in [0.4, 0.5) is 24.5 Å². The number of carbonyl (C=O) groups is 2. The topological polar surface area (TPSA) is 91.3 Å². The monoisotopic (exact) mass is 463 g/mol. The molecule has 0 spiro atoms. The molecule has 0 aliphatic rings. The third-order valence-corrected chi connectivity index (χ3v) is 5.25. The molecule has 0 saturated carbocycles. The van der Waals surface area contributed by atoms with Crippen LogP contribution in [0.2, 0.25) is 0 Å². The normalized spacial score (nSPS) is 12.2. The first kappa shape index (κ1) is 23.4. The molecule has 0 saturated heterocycles. The number of carbonyl (C=O) groups excluding carboxylic acids is 2. The molecular weight excluding hydrogens is 443 g/mol. The zero-order valence-corrected chi connectivity index (χ0v) is 17.5. The summed E-state index contributed by atoms with van der Waals surface area (Å²) in [4.78, 5) is 28.8. The third-order valence-electron chi connectivity index (χ3n) is 4.66. The second-order valence-corrected chi connectivity index (χ2v) is 7.65. The predicted molar refractivity (Wildman–Crippen MR) is 116 cm³/mol. The molecular formula is C22H20F3N3O3S. The van der Waals surface area contributed by atoms with Crippen LogP contribution in [0.15, 0.2) is 59.4 Å². The fraction of sp³-hybridized carbons (Fsp3) is 0.227.